The maximum absolute atomic E-state index is 11.1. The second-order valence-corrected chi connectivity index (χ2v) is 7.42. The van der Waals surface area contributed by atoms with E-state index in [0.29, 0.717) is 23.5 Å². The molecule has 26 heavy (non-hydrogen) atoms. The molecule has 0 radical (unpaired) electrons. The zero-order valence-corrected chi connectivity index (χ0v) is 14.7. The van der Waals surface area contributed by atoms with Gasteiger partial charge in [-0.3, -0.25) is 10.1 Å². The summed E-state index contributed by atoms with van der Waals surface area (Å²) >= 11 is 0.940. The van der Waals surface area contributed by atoms with Gasteiger partial charge in [0.1, 0.15) is 6.07 Å². The number of rotatable bonds is 2. The number of nitro groups is 1. The highest BCUT2D eigenvalue weighted by atomic mass is 32.1. The van der Waals surface area contributed by atoms with E-state index < -0.39 is 16.3 Å². The third-order valence-electron chi connectivity index (χ3n) is 4.95. The molecule has 0 saturated carbocycles. The summed E-state index contributed by atoms with van der Waals surface area (Å²) < 4.78 is 0. The molecule has 0 aromatic carbocycles. The molecule has 0 amide bonds. The van der Waals surface area contributed by atoms with E-state index in [4.69, 9.17) is 5.73 Å². The normalized spacial score (nSPS) is 24.6. The van der Waals surface area contributed by atoms with E-state index in [0.717, 1.165) is 11.3 Å². The minimum Gasteiger partial charge on any atom is -0.399 e. The van der Waals surface area contributed by atoms with E-state index in [1.54, 1.807) is 6.07 Å². The fourth-order valence-electron chi connectivity index (χ4n) is 3.74. The molecule has 0 spiro atoms. The lowest BCUT2D eigenvalue weighted by molar-refractivity contribution is -0.380. The Morgan fingerprint density at radius 3 is 2.62 bits per heavy atom. The summed E-state index contributed by atoms with van der Waals surface area (Å²) in [5.41, 5.74) is 5.22. The zero-order valence-electron chi connectivity index (χ0n) is 13.8. The van der Waals surface area contributed by atoms with Crippen molar-refractivity contribution in [2.24, 2.45) is 17.1 Å². The average Bonchev–Trinajstić information content (AvgIpc) is 3.11. The lowest BCUT2D eigenvalue weighted by atomic mass is 9.59. The molecule has 130 valence electrons. The first-order valence-electron chi connectivity index (χ1n) is 7.75. The van der Waals surface area contributed by atoms with Gasteiger partial charge in [-0.2, -0.15) is 15.8 Å². The summed E-state index contributed by atoms with van der Waals surface area (Å²) in [6, 6.07) is 9.02. The van der Waals surface area contributed by atoms with Crippen LogP contribution >= 0.6 is 11.3 Å². The van der Waals surface area contributed by atoms with Gasteiger partial charge in [0.05, 0.1) is 28.3 Å². The molecule has 9 heteroatoms. The third kappa shape index (κ3) is 2.36. The van der Waals surface area contributed by atoms with Gasteiger partial charge < -0.3 is 10.6 Å². The van der Waals surface area contributed by atoms with E-state index in [-0.39, 0.29) is 22.2 Å². The fourth-order valence-corrected chi connectivity index (χ4v) is 4.79. The van der Waals surface area contributed by atoms with Crippen LogP contribution in [-0.2, 0) is 0 Å². The molecule has 2 heterocycles. The van der Waals surface area contributed by atoms with E-state index in [9.17, 15) is 25.9 Å². The van der Waals surface area contributed by atoms with Crippen LogP contribution < -0.4 is 5.73 Å². The van der Waals surface area contributed by atoms with Crippen molar-refractivity contribution >= 4 is 16.3 Å². The van der Waals surface area contributed by atoms with E-state index in [1.807, 2.05) is 36.2 Å². The third-order valence-corrected chi connectivity index (χ3v) is 6.07. The van der Waals surface area contributed by atoms with Crippen LogP contribution in [-0.4, -0.2) is 30.0 Å². The molecule has 1 aromatic heterocycles. The summed E-state index contributed by atoms with van der Waals surface area (Å²) in [4.78, 5) is 13.1. The molecule has 1 aliphatic heterocycles. The topological polar surface area (TPSA) is 144 Å². The molecule has 1 aliphatic carbocycles. The zero-order chi connectivity index (χ0) is 19.1. The first kappa shape index (κ1) is 17.6. The minimum atomic E-state index is -1.75. The quantitative estimate of drug-likeness (QED) is 0.622. The highest BCUT2D eigenvalue weighted by molar-refractivity contribution is 7.15. The Morgan fingerprint density at radius 2 is 2.08 bits per heavy atom. The van der Waals surface area contributed by atoms with Crippen molar-refractivity contribution in [2.45, 2.75) is 5.92 Å². The second-order valence-electron chi connectivity index (χ2n) is 6.33. The molecular weight excluding hydrogens is 352 g/mol. The van der Waals surface area contributed by atoms with Crippen molar-refractivity contribution in [2.75, 3.05) is 20.1 Å². The Kier molecular flexibility index (Phi) is 4.25. The number of nitrogens with two attached hydrogens (primary N) is 1. The minimum absolute atomic E-state index is 0.0619. The van der Waals surface area contributed by atoms with Gasteiger partial charge in [0.15, 0.2) is 5.41 Å². The lowest BCUT2D eigenvalue weighted by Crippen LogP contribution is -2.47. The van der Waals surface area contributed by atoms with Gasteiger partial charge in [0.2, 0.25) is 0 Å². The van der Waals surface area contributed by atoms with E-state index in [2.05, 4.69) is 0 Å². The molecule has 2 unspecified atom stereocenters. The summed E-state index contributed by atoms with van der Waals surface area (Å²) in [7, 11) is 1.90. The van der Waals surface area contributed by atoms with Gasteiger partial charge in [0.25, 0.3) is 0 Å². The SMILES string of the molecule is CN1CC=C2C(C#N)=C(N)C(C#N)(C#N)C(c3ccc([N+](=O)[O-])s3)C2C1. The highest BCUT2D eigenvalue weighted by Gasteiger charge is 2.55. The first-order chi connectivity index (χ1) is 12.4. The van der Waals surface area contributed by atoms with Gasteiger partial charge in [-0.15, -0.1) is 0 Å². The van der Waals surface area contributed by atoms with Crippen molar-refractivity contribution in [3.63, 3.8) is 0 Å². The molecule has 0 saturated heterocycles. The van der Waals surface area contributed by atoms with Crippen LogP contribution in [0.3, 0.4) is 0 Å². The molecule has 2 aliphatic rings. The number of fused-ring (bicyclic) bond motifs is 1. The van der Waals surface area contributed by atoms with Crippen LogP contribution in [0, 0.1) is 55.4 Å². The molecule has 2 N–H and O–H groups in total. The second kappa shape index (κ2) is 6.27. The Balaban J connectivity index is 2.30. The number of hydrogen-bond donors (Lipinski definition) is 1. The highest BCUT2D eigenvalue weighted by Crippen LogP contribution is 2.55. The molecule has 0 bridgehead atoms. The van der Waals surface area contributed by atoms with E-state index >= 15 is 0 Å². The Labute approximate surface area is 153 Å². The lowest BCUT2D eigenvalue weighted by Gasteiger charge is -2.44. The van der Waals surface area contributed by atoms with Gasteiger partial charge in [0, 0.05) is 35.9 Å². The van der Waals surface area contributed by atoms with E-state index in [1.165, 1.54) is 6.07 Å². The molecule has 2 atom stereocenters. The van der Waals surface area contributed by atoms with Crippen molar-refractivity contribution in [3.05, 3.63) is 50.0 Å². The number of thiophene rings is 1. The summed E-state index contributed by atoms with van der Waals surface area (Å²) in [6.07, 6.45) is 1.88. The van der Waals surface area contributed by atoms with Gasteiger partial charge in [-0.25, -0.2) is 0 Å². The van der Waals surface area contributed by atoms with Gasteiger partial charge in [-0.1, -0.05) is 17.4 Å². The smallest absolute Gasteiger partial charge is 0.324 e. The Bertz CT molecular complexity index is 957. The van der Waals surface area contributed by atoms with Crippen LogP contribution in [0.15, 0.2) is 35.1 Å². The summed E-state index contributed by atoms with van der Waals surface area (Å²) in [5, 5.41) is 40.3. The number of hydrogen-bond acceptors (Lipinski definition) is 8. The molecular formula is C17H14N6O2S. The van der Waals surface area contributed by atoms with Crippen molar-refractivity contribution in [1.82, 2.24) is 4.90 Å². The number of nitriles is 3. The van der Waals surface area contributed by atoms with Crippen molar-refractivity contribution in [1.29, 1.82) is 15.8 Å². The van der Waals surface area contributed by atoms with Gasteiger partial charge >= 0.3 is 5.00 Å². The standard InChI is InChI=1S/C17H14N6O2S/c1-22-5-4-10-11(6-18)16(21)17(8-19,9-20)15(12(10)7-22)13-2-3-14(26-13)23(24)25/h2-4,12,15H,5,7,21H2,1H3. The average molecular weight is 366 g/mol. The summed E-state index contributed by atoms with van der Waals surface area (Å²) in [5.74, 6) is -1.00. The number of likely N-dealkylation sites (N-methyl/N-ethyl adjacent to an activating group) is 1. The Morgan fingerprint density at radius 1 is 1.38 bits per heavy atom. The predicted octanol–water partition coefficient (Wildman–Crippen LogP) is 2.01. The van der Waals surface area contributed by atoms with Crippen LogP contribution in [0.5, 0.6) is 0 Å². The maximum atomic E-state index is 11.1. The fraction of sp³-hybridized carbons (Fsp3) is 0.353. The number of nitrogens with zero attached hydrogens (tertiary/aromatic N) is 5. The van der Waals surface area contributed by atoms with Crippen LogP contribution in [0.25, 0.3) is 0 Å². The van der Waals surface area contributed by atoms with Crippen LogP contribution in [0.2, 0.25) is 0 Å². The molecule has 0 fully saturated rings. The Hall–Kier alpha value is -3.19. The molecule has 1 aromatic rings. The molecule has 8 nitrogen and oxygen atoms in total. The first-order valence-corrected chi connectivity index (χ1v) is 8.57. The summed E-state index contributed by atoms with van der Waals surface area (Å²) in [6.45, 7) is 1.14. The monoisotopic (exact) mass is 366 g/mol. The largest absolute Gasteiger partial charge is 0.399 e. The molecule has 3 rings (SSSR count). The van der Waals surface area contributed by atoms with Gasteiger partial charge in [-0.05, 0) is 18.7 Å². The number of allylic oxidation sites excluding steroid dienone is 2. The predicted molar refractivity (Wildman–Crippen MR) is 93.3 cm³/mol. The van der Waals surface area contributed by atoms with Crippen molar-refractivity contribution in [3.8, 4) is 18.2 Å². The maximum Gasteiger partial charge on any atom is 0.324 e. The van der Waals surface area contributed by atoms with Crippen LogP contribution in [0.4, 0.5) is 5.00 Å². The van der Waals surface area contributed by atoms with Crippen LogP contribution in [0.1, 0.15) is 10.8 Å². The van der Waals surface area contributed by atoms with Crippen molar-refractivity contribution < 1.29 is 4.92 Å².